The Hall–Kier alpha value is -3.73. The van der Waals surface area contributed by atoms with Crippen LogP contribution in [0.25, 0.3) is 0 Å². The molecule has 8 nitrogen and oxygen atoms in total. The minimum absolute atomic E-state index is 0.0949. The number of urea groups is 1. The number of nitrogens with one attached hydrogen (secondary N) is 3. The van der Waals surface area contributed by atoms with Crippen LogP contribution in [0.1, 0.15) is 37.8 Å². The van der Waals surface area contributed by atoms with Crippen LogP contribution in [0.15, 0.2) is 42.5 Å². The van der Waals surface area contributed by atoms with E-state index in [9.17, 15) is 9.59 Å². The van der Waals surface area contributed by atoms with Gasteiger partial charge in [-0.1, -0.05) is 26.0 Å². The SMILES string of the molecule is CCC(CC)OC(=O)NCc1cccc(NC(=O)Nc2ccc(C#N)c(OC)c2)c1. The summed E-state index contributed by atoms with van der Waals surface area (Å²) >= 11 is 0. The first kappa shape index (κ1) is 22.6. The number of carbonyl (C=O) groups excluding carboxylic acids is 2. The molecule has 2 aromatic rings. The van der Waals surface area contributed by atoms with E-state index in [1.807, 2.05) is 26.0 Å². The first-order valence-corrected chi connectivity index (χ1v) is 9.68. The zero-order valence-corrected chi connectivity index (χ0v) is 17.3. The number of methoxy groups -OCH3 is 1. The normalized spacial score (nSPS) is 10.1. The third kappa shape index (κ3) is 6.71. The summed E-state index contributed by atoms with van der Waals surface area (Å²) in [5.41, 5.74) is 2.26. The summed E-state index contributed by atoms with van der Waals surface area (Å²) in [5.74, 6) is 0.378. The van der Waals surface area contributed by atoms with E-state index in [1.165, 1.54) is 7.11 Å². The van der Waals surface area contributed by atoms with E-state index in [1.54, 1.807) is 36.4 Å². The lowest BCUT2D eigenvalue weighted by molar-refractivity contribution is 0.0925. The molecule has 0 fully saturated rings. The molecule has 0 bridgehead atoms. The number of nitrogens with zero attached hydrogens (tertiary/aromatic N) is 1. The van der Waals surface area contributed by atoms with E-state index in [0.29, 0.717) is 22.7 Å². The summed E-state index contributed by atoms with van der Waals surface area (Å²) in [7, 11) is 1.46. The van der Waals surface area contributed by atoms with E-state index >= 15 is 0 Å². The van der Waals surface area contributed by atoms with Crippen molar-refractivity contribution in [3.8, 4) is 11.8 Å². The fourth-order valence-corrected chi connectivity index (χ4v) is 2.74. The number of hydrogen-bond donors (Lipinski definition) is 3. The number of rotatable bonds is 8. The Kier molecular flexibility index (Phi) is 8.51. The predicted octanol–water partition coefficient (Wildman–Crippen LogP) is 4.63. The molecule has 3 amide bonds. The number of alkyl carbamates (subject to hydrolysis) is 1. The van der Waals surface area contributed by atoms with Crippen molar-refractivity contribution in [2.75, 3.05) is 17.7 Å². The quantitative estimate of drug-likeness (QED) is 0.587. The third-order valence-electron chi connectivity index (χ3n) is 4.39. The van der Waals surface area contributed by atoms with Crippen molar-refractivity contribution in [1.29, 1.82) is 5.26 Å². The average molecular weight is 410 g/mol. The molecule has 30 heavy (non-hydrogen) atoms. The zero-order chi connectivity index (χ0) is 21.9. The van der Waals surface area contributed by atoms with E-state index in [0.717, 1.165) is 18.4 Å². The van der Waals surface area contributed by atoms with Crippen LogP contribution >= 0.6 is 0 Å². The molecule has 0 radical (unpaired) electrons. The van der Waals surface area contributed by atoms with Crippen LogP contribution in [-0.4, -0.2) is 25.3 Å². The first-order valence-electron chi connectivity index (χ1n) is 9.68. The summed E-state index contributed by atoms with van der Waals surface area (Å²) in [6.45, 7) is 4.22. The Bertz CT molecular complexity index is 920. The van der Waals surface area contributed by atoms with Gasteiger partial charge in [0.1, 0.15) is 17.9 Å². The maximum Gasteiger partial charge on any atom is 0.407 e. The van der Waals surface area contributed by atoms with Crippen molar-refractivity contribution >= 4 is 23.5 Å². The Morgan fingerprint density at radius 1 is 1.07 bits per heavy atom. The van der Waals surface area contributed by atoms with Crippen LogP contribution in [-0.2, 0) is 11.3 Å². The van der Waals surface area contributed by atoms with Gasteiger partial charge in [-0.15, -0.1) is 0 Å². The molecule has 0 saturated carbocycles. The summed E-state index contributed by atoms with van der Waals surface area (Å²) in [4.78, 5) is 24.1. The van der Waals surface area contributed by atoms with Gasteiger partial charge in [0, 0.05) is 24.0 Å². The number of ether oxygens (including phenoxy) is 2. The molecule has 0 atom stereocenters. The van der Waals surface area contributed by atoms with Gasteiger partial charge in [0.05, 0.1) is 12.7 Å². The minimum atomic E-state index is -0.463. The van der Waals surface area contributed by atoms with Crippen LogP contribution < -0.4 is 20.7 Å². The molecule has 0 spiro atoms. The van der Waals surface area contributed by atoms with Gasteiger partial charge in [-0.05, 0) is 42.7 Å². The van der Waals surface area contributed by atoms with Gasteiger partial charge in [-0.25, -0.2) is 9.59 Å². The van der Waals surface area contributed by atoms with Gasteiger partial charge in [-0.2, -0.15) is 5.26 Å². The summed E-state index contributed by atoms with van der Waals surface area (Å²) in [5, 5.41) is 17.2. The molecule has 0 aliphatic heterocycles. The van der Waals surface area contributed by atoms with E-state index < -0.39 is 12.1 Å². The average Bonchev–Trinajstić information content (AvgIpc) is 2.76. The predicted molar refractivity (Wildman–Crippen MR) is 114 cm³/mol. The van der Waals surface area contributed by atoms with Gasteiger partial charge < -0.3 is 25.4 Å². The van der Waals surface area contributed by atoms with Crippen LogP contribution in [0, 0.1) is 11.3 Å². The summed E-state index contributed by atoms with van der Waals surface area (Å²) in [6.07, 6.45) is 0.977. The van der Waals surface area contributed by atoms with Gasteiger partial charge in [-0.3, -0.25) is 0 Å². The third-order valence-corrected chi connectivity index (χ3v) is 4.39. The molecule has 0 aromatic heterocycles. The Morgan fingerprint density at radius 3 is 2.40 bits per heavy atom. The fraction of sp³-hybridized carbons (Fsp3) is 0.318. The van der Waals surface area contributed by atoms with Crippen LogP contribution in [0.2, 0.25) is 0 Å². The van der Waals surface area contributed by atoms with Gasteiger partial charge >= 0.3 is 12.1 Å². The molecular weight excluding hydrogens is 384 g/mol. The van der Waals surface area contributed by atoms with E-state index in [4.69, 9.17) is 14.7 Å². The van der Waals surface area contributed by atoms with Crippen LogP contribution in [0.3, 0.4) is 0 Å². The van der Waals surface area contributed by atoms with Crippen molar-refractivity contribution < 1.29 is 19.1 Å². The molecule has 158 valence electrons. The highest BCUT2D eigenvalue weighted by atomic mass is 16.6. The zero-order valence-electron chi connectivity index (χ0n) is 17.3. The lowest BCUT2D eigenvalue weighted by Gasteiger charge is -2.15. The Labute approximate surface area is 176 Å². The van der Waals surface area contributed by atoms with Crippen molar-refractivity contribution in [3.05, 3.63) is 53.6 Å². The van der Waals surface area contributed by atoms with Crippen LogP contribution in [0.5, 0.6) is 5.75 Å². The molecule has 0 aliphatic carbocycles. The van der Waals surface area contributed by atoms with Crippen molar-refractivity contribution in [2.24, 2.45) is 0 Å². The maximum absolute atomic E-state index is 12.3. The van der Waals surface area contributed by atoms with Gasteiger partial charge in [0.15, 0.2) is 0 Å². The number of benzene rings is 2. The molecule has 2 aromatic carbocycles. The summed E-state index contributed by atoms with van der Waals surface area (Å²) in [6, 6.07) is 13.5. The topological polar surface area (TPSA) is 112 Å². The van der Waals surface area contributed by atoms with E-state index in [-0.39, 0.29) is 12.6 Å². The molecule has 0 saturated heterocycles. The lowest BCUT2D eigenvalue weighted by Crippen LogP contribution is -2.28. The number of amides is 3. The second-order valence-corrected chi connectivity index (χ2v) is 6.50. The van der Waals surface area contributed by atoms with Crippen molar-refractivity contribution in [1.82, 2.24) is 5.32 Å². The first-order chi connectivity index (χ1) is 14.5. The molecule has 8 heteroatoms. The molecule has 0 unspecified atom stereocenters. The molecular formula is C22H26N4O4. The minimum Gasteiger partial charge on any atom is -0.495 e. The largest absolute Gasteiger partial charge is 0.495 e. The fourth-order valence-electron chi connectivity index (χ4n) is 2.74. The lowest BCUT2D eigenvalue weighted by atomic mass is 10.2. The number of nitriles is 1. The number of anilines is 2. The standard InChI is InChI=1S/C22H26N4O4/c1-4-19(5-2)30-22(28)24-14-15-7-6-8-17(11-15)25-21(27)26-18-10-9-16(13-23)20(12-18)29-3/h6-12,19H,4-5,14H2,1-3H3,(H,24,28)(H2,25,26,27). The molecule has 0 heterocycles. The van der Waals surface area contributed by atoms with E-state index in [2.05, 4.69) is 16.0 Å². The highest BCUT2D eigenvalue weighted by Gasteiger charge is 2.11. The molecule has 0 aliphatic rings. The van der Waals surface area contributed by atoms with Crippen molar-refractivity contribution in [2.45, 2.75) is 39.3 Å². The highest BCUT2D eigenvalue weighted by Crippen LogP contribution is 2.22. The summed E-state index contributed by atoms with van der Waals surface area (Å²) < 4.78 is 10.4. The maximum atomic E-state index is 12.3. The smallest absolute Gasteiger partial charge is 0.407 e. The second kappa shape index (κ2) is 11.3. The van der Waals surface area contributed by atoms with Gasteiger partial charge in [0.2, 0.25) is 0 Å². The van der Waals surface area contributed by atoms with Crippen LogP contribution in [0.4, 0.5) is 21.0 Å². The Balaban J connectivity index is 1.92. The highest BCUT2D eigenvalue weighted by molar-refractivity contribution is 6.00. The number of hydrogen-bond acceptors (Lipinski definition) is 5. The second-order valence-electron chi connectivity index (χ2n) is 6.50. The Morgan fingerprint density at radius 2 is 1.77 bits per heavy atom. The molecule has 2 rings (SSSR count). The van der Waals surface area contributed by atoms with Crippen molar-refractivity contribution in [3.63, 3.8) is 0 Å². The molecule has 3 N–H and O–H groups in total. The van der Waals surface area contributed by atoms with Gasteiger partial charge in [0.25, 0.3) is 0 Å². The monoisotopic (exact) mass is 410 g/mol. The number of carbonyl (C=O) groups is 2.